The van der Waals surface area contributed by atoms with E-state index in [-0.39, 0.29) is 87.0 Å². The Balaban J connectivity index is 0.000000129. The van der Waals surface area contributed by atoms with Crippen molar-refractivity contribution in [3.05, 3.63) is 335 Å². The quantitative estimate of drug-likeness (QED) is 0.0430. The number of para-hydroxylation sites is 3. The molecule has 1 amide bonds. The van der Waals surface area contributed by atoms with E-state index in [1.807, 2.05) is 68.3 Å². The number of rotatable bonds is 23. The van der Waals surface area contributed by atoms with Crippen LogP contribution in [0.15, 0.2) is 212 Å². The van der Waals surface area contributed by atoms with Gasteiger partial charge in [-0.3, -0.25) is 24.1 Å². The third-order valence-corrected chi connectivity index (χ3v) is 26.5. The average molecular weight is 1870 g/mol. The van der Waals surface area contributed by atoms with E-state index in [0.29, 0.717) is 181 Å². The van der Waals surface area contributed by atoms with Gasteiger partial charge in [0.05, 0.1) is 87.5 Å². The molecule has 4 atom stereocenters. The Labute approximate surface area is 780 Å². The number of carbonyl (C=O) groups excluding carboxylic acids is 4. The Kier molecular flexibility index (Phi) is 24.1. The second-order valence-electron chi connectivity index (χ2n) is 34.0. The molecule has 3 fully saturated rings. The summed E-state index contributed by atoms with van der Waals surface area (Å²) in [5.74, 6) is -2.68. The summed E-state index contributed by atoms with van der Waals surface area (Å²) in [6, 6.07) is 61.2. The number of anilines is 2. The zero-order valence-corrected chi connectivity index (χ0v) is 75.6. The molecule has 0 radical (unpaired) electrons. The van der Waals surface area contributed by atoms with Gasteiger partial charge in [-0.25, -0.2) is 41.3 Å². The lowest BCUT2D eigenvalue weighted by atomic mass is 9.96. The number of benzene rings is 12. The van der Waals surface area contributed by atoms with Gasteiger partial charge in [0.1, 0.15) is 52.4 Å². The van der Waals surface area contributed by atoms with Crippen molar-refractivity contribution in [1.82, 2.24) is 28.7 Å². The molecule has 12 aromatic carbocycles. The number of hydrogen-bond acceptors (Lipinski definition) is 16. The number of hydrogen-bond donors (Lipinski definition) is 0. The molecule has 0 N–H and O–H groups in total. The van der Waals surface area contributed by atoms with Crippen LogP contribution in [0.1, 0.15) is 147 Å². The standard InChI is InChI=1S/C35H28ClF2N3O4.C35H26ClF2N3O4.C35H30ClF2N3O3/c1-20(42)21-6-11-29-31(18-21)40(14-15-44-2)32(39-29)19-26-27(37)16-22(17-28(26)38)25-4-3-5-30-34(25)45-35(13-12-33(43)41(30)35)23-7-9-24(36)10-8-23;1-19(42)20-6-9-30-31(14-20)41(18-24-10-11-43-24)33(40-30)16-26-22(17-39)12-21(13-28(26)37)25-4-3-5-32-34(25)45-35(2,44-32)27-8-7-23(36)15-29(27)38;1-21(42)22-7-12-30-32(19-22)40(15-16-43-2)33(39-30)20-27-28(37)17-23(18-29(27)38)26-5-3-6-31-34(26)44-35(13-4-14-41(31)35)24-8-10-25(36)11-9-24/h3-11,16-18H,12-15,19H2,1-2H3;3-9,12-15,24H,10-11,16,18H2,1-2H3;3,5-12,17-19H,4,13-16,20H2,1-2H3/t;24-,35?;/m.0./s1. The van der Waals surface area contributed by atoms with Gasteiger partial charge in [-0.05, 0) is 202 Å². The second-order valence-corrected chi connectivity index (χ2v) is 35.3. The molecule has 6 aliphatic heterocycles. The number of imidazole rings is 3. The number of amides is 1. The fraction of sp³-hybridized carbons (Fsp3) is 0.238. The molecule has 0 spiro atoms. The SMILES string of the molecule is CC(=O)c1ccc2nc(Cc3c(F)cc(-c4cccc5c4OC(C)(c4ccc(Cl)cc4F)O5)cc3C#N)n(C[C@@H]3CCO3)c2c1.COCCn1c(Cc2c(F)cc(-c3cccc4c3OC3(c5ccc(Cl)cc5)CCC(=O)N43)cc2F)nc2ccc(C(C)=O)cc21.COCCn1c(Cc2c(F)cc(-c3cccc4c3OC3(c5ccc(Cl)cc5)CCCN43)cc2F)nc2ccc(C(C)=O)cc21. The highest BCUT2D eigenvalue weighted by molar-refractivity contribution is 6.31. The van der Waals surface area contributed by atoms with Gasteiger partial charge in [0.15, 0.2) is 40.3 Å². The molecule has 21 rings (SSSR count). The zero-order valence-electron chi connectivity index (χ0n) is 73.3. The number of carbonyl (C=O) groups is 4. The lowest BCUT2D eigenvalue weighted by Crippen LogP contribution is -2.43. The number of nitriles is 1. The molecule has 29 heteroatoms. The highest BCUT2D eigenvalue weighted by Gasteiger charge is 2.56. The topological polar surface area (TPSA) is 217 Å². The molecule has 15 aromatic rings. The van der Waals surface area contributed by atoms with Crippen LogP contribution < -0.4 is 28.7 Å². The molecular formula is C105H84Cl3F6N9O11. The maximum Gasteiger partial charge on any atom is 0.278 e. The van der Waals surface area contributed by atoms with Crippen LogP contribution in [0.2, 0.25) is 15.1 Å². The monoisotopic (exact) mass is 1870 g/mol. The zero-order chi connectivity index (χ0) is 93.5. The number of fused-ring (bicyclic) bond motifs is 10. The van der Waals surface area contributed by atoms with Crippen molar-refractivity contribution in [1.29, 1.82) is 5.26 Å². The van der Waals surface area contributed by atoms with E-state index in [9.17, 15) is 28.8 Å². The normalized spacial score (nSPS) is 17.6. The highest BCUT2D eigenvalue weighted by Crippen LogP contribution is 2.59. The molecule has 6 aliphatic rings. The third kappa shape index (κ3) is 16.4. The van der Waals surface area contributed by atoms with Gasteiger partial charge in [0, 0.05) is 162 Å². The summed E-state index contributed by atoms with van der Waals surface area (Å²) in [6.07, 6.45) is 3.19. The molecule has 134 heavy (non-hydrogen) atoms. The summed E-state index contributed by atoms with van der Waals surface area (Å²) in [5.41, 5.74) is 10.0. The molecule has 9 heterocycles. The number of ketones is 3. The van der Waals surface area contributed by atoms with Crippen LogP contribution in [0.4, 0.5) is 37.7 Å². The van der Waals surface area contributed by atoms with E-state index in [4.69, 9.17) is 72.9 Å². The van der Waals surface area contributed by atoms with E-state index in [1.54, 1.807) is 141 Å². The number of nitrogens with zero attached hydrogens (tertiary/aromatic N) is 9. The number of halogens is 9. The third-order valence-electron chi connectivity index (χ3n) is 25.7. The molecule has 3 unspecified atom stereocenters. The Morgan fingerprint density at radius 3 is 1.43 bits per heavy atom. The van der Waals surface area contributed by atoms with Crippen LogP contribution in [0.5, 0.6) is 23.0 Å². The maximum absolute atomic E-state index is 16.0. The minimum absolute atomic E-state index is 0.0146. The summed E-state index contributed by atoms with van der Waals surface area (Å²) < 4.78 is 142. The fourth-order valence-corrected chi connectivity index (χ4v) is 19.3. The predicted octanol–water partition coefficient (Wildman–Crippen LogP) is 23.1. The van der Waals surface area contributed by atoms with Gasteiger partial charge in [0.2, 0.25) is 17.4 Å². The van der Waals surface area contributed by atoms with Gasteiger partial charge < -0.3 is 51.8 Å². The summed E-state index contributed by atoms with van der Waals surface area (Å²) in [4.78, 5) is 67.2. The summed E-state index contributed by atoms with van der Waals surface area (Å²) in [6.45, 7) is 9.59. The largest absolute Gasteiger partial charge is 0.461 e. The predicted molar refractivity (Wildman–Crippen MR) is 497 cm³/mol. The van der Waals surface area contributed by atoms with Crippen molar-refractivity contribution in [2.75, 3.05) is 50.4 Å². The second kappa shape index (κ2) is 36.0. The smallest absolute Gasteiger partial charge is 0.278 e. The van der Waals surface area contributed by atoms with Crippen molar-refractivity contribution in [3.8, 4) is 62.4 Å². The molecule has 0 bridgehead atoms. The first-order valence-corrected chi connectivity index (χ1v) is 44.8. The summed E-state index contributed by atoms with van der Waals surface area (Å²) in [5, 5.41) is 11.6. The summed E-state index contributed by atoms with van der Waals surface area (Å²) >= 11 is 18.2. The first-order valence-electron chi connectivity index (χ1n) is 43.6. The van der Waals surface area contributed by atoms with Crippen LogP contribution >= 0.6 is 34.8 Å². The van der Waals surface area contributed by atoms with Gasteiger partial charge in [-0.15, -0.1) is 0 Å². The molecular weight excluding hydrogens is 1780 g/mol. The van der Waals surface area contributed by atoms with Crippen molar-refractivity contribution in [3.63, 3.8) is 0 Å². The van der Waals surface area contributed by atoms with Crippen LogP contribution in [0.25, 0.3) is 66.5 Å². The van der Waals surface area contributed by atoms with E-state index in [2.05, 4.69) is 20.9 Å². The van der Waals surface area contributed by atoms with Crippen molar-refractivity contribution >= 4 is 103 Å². The molecule has 678 valence electrons. The molecule has 0 aliphatic carbocycles. The first kappa shape index (κ1) is 89.6. The van der Waals surface area contributed by atoms with Gasteiger partial charge in [-0.2, -0.15) is 5.26 Å². The Morgan fingerprint density at radius 1 is 0.493 bits per heavy atom. The highest BCUT2D eigenvalue weighted by atomic mass is 35.5. The van der Waals surface area contributed by atoms with Crippen molar-refractivity contribution in [2.24, 2.45) is 0 Å². The minimum atomic E-state index is -1.49. The number of ether oxygens (including phenoxy) is 7. The van der Waals surface area contributed by atoms with Crippen molar-refractivity contribution < 1.29 is 78.7 Å². The number of aromatic nitrogens is 6. The average Bonchev–Trinajstić information content (AvgIpc) is 1.54. The molecule has 3 saturated heterocycles. The minimum Gasteiger partial charge on any atom is -0.461 e. The van der Waals surface area contributed by atoms with Gasteiger partial charge in [0.25, 0.3) is 5.79 Å². The lowest BCUT2D eigenvalue weighted by molar-refractivity contribution is -0.117. The van der Waals surface area contributed by atoms with Crippen LogP contribution in [0.3, 0.4) is 0 Å². The molecule has 3 aromatic heterocycles. The summed E-state index contributed by atoms with van der Waals surface area (Å²) in [7, 11) is 3.16. The van der Waals surface area contributed by atoms with Crippen molar-refractivity contribution in [2.45, 2.75) is 122 Å². The Morgan fingerprint density at radius 2 is 0.940 bits per heavy atom. The number of Topliss-reactive ketones (excluding diaryl/α,β-unsaturated/α-hetero) is 3. The van der Waals surface area contributed by atoms with E-state index in [0.717, 1.165) is 48.1 Å². The first-order chi connectivity index (χ1) is 64.6. The van der Waals surface area contributed by atoms with Gasteiger partial charge in [-0.1, -0.05) is 95.5 Å². The van der Waals surface area contributed by atoms with Crippen LogP contribution in [-0.4, -0.2) is 98.6 Å². The lowest BCUT2D eigenvalue weighted by Gasteiger charge is -2.32. The van der Waals surface area contributed by atoms with Crippen LogP contribution in [-0.2, 0) is 75.1 Å². The van der Waals surface area contributed by atoms with E-state index < -0.39 is 52.1 Å². The molecule has 0 saturated carbocycles. The van der Waals surface area contributed by atoms with E-state index in [1.165, 1.54) is 63.2 Å². The van der Waals surface area contributed by atoms with Crippen LogP contribution in [0, 0.1) is 46.2 Å². The van der Waals surface area contributed by atoms with Gasteiger partial charge >= 0.3 is 0 Å². The fourth-order valence-electron chi connectivity index (χ4n) is 18.9. The molecule has 20 nitrogen and oxygen atoms in total. The Bertz CT molecular complexity index is 7320. The Hall–Kier alpha value is -13.7. The maximum atomic E-state index is 16.0. The number of methoxy groups -OCH3 is 2. The van der Waals surface area contributed by atoms with E-state index >= 15 is 22.0 Å².